The number of nitrogens with zero attached hydrogens (tertiary/aromatic N) is 1. The van der Waals surface area contributed by atoms with Gasteiger partial charge in [-0.3, -0.25) is 4.79 Å². The van der Waals surface area contributed by atoms with E-state index in [2.05, 4.69) is 10.3 Å². The van der Waals surface area contributed by atoms with Gasteiger partial charge in [-0.2, -0.15) is 8.42 Å². The molecule has 4 aromatic rings. The van der Waals surface area contributed by atoms with Gasteiger partial charge in [0.25, 0.3) is 5.91 Å². The average Bonchev–Trinajstić information content (AvgIpc) is 3.25. The van der Waals surface area contributed by atoms with Crippen LogP contribution < -0.4 is 14.8 Å². The highest BCUT2D eigenvalue weighted by molar-refractivity contribution is 7.51. The molecule has 1 amide bonds. The van der Waals surface area contributed by atoms with Gasteiger partial charge in [-0.1, -0.05) is 24.6 Å². The zero-order chi connectivity index (χ0) is 23.8. The number of pyridine rings is 1. The van der Waals surface area contributed by atoms with E-state index in [9.17, 15) is 4.79 Å². The molecule has 0 aliphatic heterocycles. The van der Waals surface area contributed by atoms with Crippen molar-refractivity contribution in [1.29, 1.82) is 0 Å². The first kappa shape index (κ1) is 23.7. The SMILES string of the molecule is CCc1cc2c(Oc3ccc(C)cc3)cc(C(=O)Nc3cc(OC)ccn3)cc2o1.O=S=O. The minimum absolute atomic E-state index is 0.319. The van der Waals surface area contributed by atoms with E-state index >= 15 is 0 Å². The van der Waals surface area contributed by atoms with Gasteiger partial charge in [0.2, 0.25) is 0 Å². The van der Waals surface area contributed by atoms with Crippen LogP contribution in [0, 0.1) is 6.92 Å². The van der Waals surface area contributed by atoms with Crippen molar-refractivity contribution in [2.75, 3.05) is 12.4 Å². The number of amides is 1. The summed E-state index contributed by atoms with van der Waals surface area (Å²) in [5.74, 6) is 2.76. The Balaban J connectivity index is 0.000000968. The third kappa shape index (κ3) is 6.05. The smallest absolute Gasteiger partial charge is 0.335 e. The number of benzene rings is 2. The number of fused-ring (bicyclic) bond motifs is 1. The summed E-state index contributed by atoms with van der Waals surface area (Å²) in [7, 11) is 1.56. The molecule has 2 heterocycles. The molecule has 2 aromatic carbocycles. The molecule has 9 heteroatoms. The summed E-state index contributed by atoms with van der Waals surface area (Å²) in [6, 6.07) is 16.5. The Morgan fingerprint density at radius 2 is 1.79 bits per heavy atom. The van der Waals surface area contributed by atoms with E-state index in [1.54, 1.807) is 37.6 Å². The highest BCUT2D eigenvalue weighted by atomic mass is 32.1. The number of aromatic nitrogens is 1. The van der Waals surface area contributed by atoms with Gasteiger partial charge in [0.05, 0.1) is 12.5 Å². The van der Waals surface area contributed by atoms with Crippen molar-refractivity contribution in [1.82, 2.24) is 4.98 Å². The van der Waals surface area contributed by atoms with Crippen LogP contribution in [0.2, 0.25) is 0 Å². The summed E-state index contributed by atoms with van der Waals surface area (Å²) in [6.07, 6.45) is 2.32. The second-order valence-corrected chi connectivity index (χ2v) is 7.11. The second-order valence-electron chi connectivity index (χ2n) is 6.97. The van der Waals surface area contributed by atoms with Crippen LogP contribution in [-0.4, -0.2) is 26.4 Å². The Hall–Kier alpha value is -3.98. The second kappa shape index (κ2) is 11.1. The van der Waals surface area contributed by atoms with Gasteiger partial charge in [-0.05, 0) is 43.3 Å². The molecule has 0 saturated heterocycles. The minimum Gasteiger partial charge on any atom is -0.497 e. The van der Waals surface area contributed by atoms with Gasteiger partial charge in [-0.15, -0.1) is 0 Å². The van der Waals surface area contributed by atoms with Gasteiger partial charge in [-0.25, -0.2) is 4.98 Å². The normalized spacial score (nSPS) is 10.2. The number of carbonyl (C=O) groups is 1. The lowest BCUT2D eigenvalue weighted by molar-refractivity contribution is 0.102. The Morgan fingerprint density at radius 3 is 2.45 bits per heavy atom. The number of carbonyl (C=O) groups excluding carboxylic acids is 1. The van der Waals surface area contributed by atoms with Crippen LogP contribution in [0.5, 0.6) is 17.2 Å². The summed E-state index contributed by atoms with van der Waals surface area (Å²) in [4.78, 5) is 17.1. The summed E-state index contributed by atoms with van der Waals surface area (Å²) in [5.41, 5.74) is 2.15. The first-order valence-electron chi connectivity index (χ1n) is 10.0. The zero-order valence-corrected chi connectivity index (χ0v) is 19.1. The molecule has 0 unspecified atom stereocenters. The Morgan fingerprint density at radius 1 is 1.06 bits per heavy atom. The first-order valence-corrected chi connectivity index (χ1v) is 10.7. The fourth-order valence-electron chi connectivity index (χ4n) is 3.08. The molecule has 0 radical (unpaired) electrons. The number of hydrogen-bond donors (Lipinski definition) is 1. The third-order valence-electron chi connectivity index (χ3n) is 4.72. The molecule has 0 aliphatic carbocycles. The minimum atomic E-state index is -0.750. The highest BCUT2D eigenvalue weighted by Gasteiger charge is 2.16. The van der Waals surface area contributed by atoms with Crippen LogP contribution in [-0.2, 0) is 18.0 Å². The predicted molar refractivity (Wildman–Crippen MR) is 125 cm³/mol. The zero-order valence-electron chi connectivity index (χ0n) is 18.3. The molecule has 8 nitrogen and oxygen atoms in total. The summed E-state index contributed by atoms with van der Waals surface area (Å²) in [5, 5.41) is 3.61. The summed E-state index contributed by atoms with van der Waals surface area (Å²) < 4.78 is 33.8. The molecular formula is C24H22N2O6S. The van der Waals surface area contributed by atoms with E-state index in [1.165, 1.54) is 0 Å². The Bertz CT molecular complexity index is 1290. The summed E-state index contributed by atoms with van der Waals surface area (Å²) in [6.45, 7) is 4.03. The van der Waals surface area contributed by atoms with Crippen molar-refractivity contribution in [3.63, 3.8) is 0 Å². The van der Waals surface area contributed by atoms with Gasteiger partial charge in [0.1, 0.15) is 34.4 Å². The van der Waals surface area contributed by atoms with Crippen molar-refractivity contribution in [2.45, 2.75) is 20.3 Å². The molecule has 0 fully saturated rings. The number of aryl methyl sites for hydroxylation is 2. The standard InChI is InChI=1S/C24H22N2O4.O2S/c1-4-17-13-20-21(29-17)11-16(12-22(20)30-18-7-5-15(2)6-8-18)24(27)26-23-14-19(28-3)9-10-25-23;1-3-2/h5-14H,4H2,1-3H3,(H,25,26,27);. The number of ether oxygens (including phenoxy) is 2. The van der Waals surface area contributed by atoms with Gasteiger partial charge in [0.15, 0.2) is 0 Å². The largest absolute Gasteiger partial charge is 0.497 e. The molecular weight excluding hydrogens is 444 g/mol. The Kier molecular flexibility index (Phi) is 7.93. The first-order chi connectivity index (χ1) is 16.0. The molecule has 0 bridgehead atoms. The average molecular weight is 467 g/mol. The molecule has 0 aliphatic rings. The van der Waals surface area contributed by atoms with Crippen LogP contribution in [0.4, 0.5) is 5.82 Å². The van der Waals surface area contributed by atoms with Crippen LogP contribution >= 0.6 is 0 Å². The van der Waals surface area contributed by atoms with Crippen LogP contribution in [0.25, 0.3) is 11.0 Å². The highest BCUT2D eigenvalue weighted by Crippen LogP contribution is 2.34. The molecule has 4 rings (SSSR count). The van der Waals surface area contributed by atoms with Gasteiger partial charge < -0.3 is 19.2 Å². The molecule has 2 aromatic heterocycles. The molecule has 0 saturated carbocycles. The van der Waals surface area contributed by atoms with Crippen LogP contribution in [0.1, 0.15) is 28.6 Å². The van der Waals surface area contributed by atoms with E-state index in [4.69, 9.17) is 22.3 Å². The maximum Gasteiger partial charge on any atom is 0.335 e. The van der Waals surface area contributed by atoms with Crippen LogP contribution in [0.3, 0.4) is 0 Å². The quantitative estimate of drug-likeness (QED) is 0.422. The van der Waals surface area contributed by atoms with Crippen molar-refractivity contribution in [3.05, 3.63) is 77.7 Å². The predicted octanol–water partition coefficient (Wildman–Crippen LogP) is 5.08. The van der Waals surface area contributed by atoms with Crippen LogP contribution in [0.15, 0.2) is 65.2 Å². The lowest BCUT2D eigenvalue weighted by Gasteiger charge is -2.10. The number of rotatable bonds is 6. The van der Waals surface area contributed by atoms with Gasteiger partial charge in [0, 0.05) is 24.2 Å². The number of nitrogens with one attached hydrogen (secondary N) is 1. The van der Waals surface area contributed by atoms with Crippen molar-refractivity contribution in [3.8, 4) is 17.2 Å². The van der Waals surface area contributed by atoms with E-state index in [0.29, 0.717) is 34.2 Å². The topological polar surface area (TPSA) is 108 Å². The summed E-state index contributed by atoms with van der Waals surface area (Å²) >= 11 is -0.750. The van der Waals surface area contributed by atoms with E-state index in [0.717, 1.165) is 23.1 Å². The van der Waals surface area contributed by atoms with Crippen molar-refractivity contribution in [2.24, 2.45) is 0 Å². The van der Waals surface area contributed by atoms with E-state index in [1.807, 2.05) is 44.2 Å². The number of hydrogen-bond acceptors (Lipinski definition) is 7. The van der Waals surface area contributed by atoms with Crippen molar-refractivity contribution >= 4 is 34.3 Å². The van der Waals surface area contributed by atoms with E-state index in [-0.39, 0.29) is 5.91 Å². The van der Waals surface area contributed by atoms with Crippen molar-refractivity contribution < 1.29 is 27.1 Å². The molecule has 170 valence electrons. The fourth-order valence-corrected chi connectivity index (χ4v) is 3.08. The Labute approximate surface area is 194 Å². The molecule has 0 spiro atoms. The molecule has 0 atom stereocenters. The number of furan rings is 1. The maximum absolute atomic E-state index is 12.9. The molecule has 1 N–H and O–H groups in total. The maximum atomic E-state index is 12.9. The molecule has 33 heavy (non-hydrogen) atoms. The van der Waals surface area contributed by atoms with E-state index < -0.39 is 11.6 Å². The lowest BCUT2D eigenvalue weighted by atomic mass is 10.1. The monoisotopic (exact) mass is 466 g/mol. The fraction of sp³-hybridized carbons (Fsp3) is 0.167. The lowest BCUT2D eigenvalue weighted by Crippen LogP contribution is -2.13. The van der Waals surface area contributed by atoms with Gasteiger partial charge >= 0.3 is 11.6 Å². The number of methoxy groups -OCH3 is 1. The number of anilines is 1. The third-order valence-corrected chi connectivity index (χ3v) is 4.72.